The number of piperazine rings is 1. The smallest absolute Gasteiger partial charge is 0.254 e. The van der Waals surface area contributed by atoms with Crippen LogP contribution < -0.4 is 9.80 Å². The van der Waals surface area contributed by atoms with E-state index in [-0.39, 0.29) is 11.3 Å². The third-order valence-electron chi connectivity index (χ3n) is 8.68. The predicted octanol–water partition coefficient (Wildman–Crippen LogP) is 7.44. The average molecular weight is 611 g/mol. The van der Waals surface area contributed by atoms with Gasteiger partial charge >= 0.3 is 0 Å². The average Bonchev–Trinajstić information content (AvgIpc) is 3.20. The highest BCUT2D eigenvalue weighted by Crippen LogP contribution is 2.52. The quantitative estimate of drug-likeness (QED) is 0.164. The second kappa shape index (κ2) is 11.3. The van der Waals surface area contributed by atoms with Gasteiger partial charge in [0.1, 0.15) is 11.0 Å². The van der Waals surface area contributed by atoms with Crippen molar-refractivity contribution in [2.75, 3.05) is 42.5 Å². The Morgan fingerprint density at radius 3 is 2.41 bits per heavy atom. The number of benzene rings is 2. The van der Waals surface area contributed by atoms with E-state index in [2.05, 4.69) is 58.7 Å². The number of carbonyl (C=O) groups is 1. The molecule has 2 unspecified atom stereocenters. The highest BCUT2D eigenvalue weighted by molar-refractivity contribution is 7.98. The maximum absolute atomic E-state index is 13.4. The Bertz CT molecular complexity index is 1430. The van der Waals surface area contributed by atoms with Crippen LogP contribution in [0.5, 0.6) is 0 Å². The molecule has 2 aliphatic heterocycles. The topological polar surface area (TPSA) is 52.6 Å². The van der Waals surface area contributed by atoms with Crippen LogP contribution in [0.3, 0.4) is 0 Å². The Morgan fingerprint density at radius 1 is 0.951 bits per heavy atom. The van der Waals surface area contributed by atoms with Crippen LogP contribution in [0.2, 0.25) is 10.2 Å². The minimum absolute atomic E-state index is 0.161. The van der Waals surface area contributed by atoms with Crippen LogP contribution in [0.1, 0.15) is 56.0 Å². The van der Waals surface area contributed by atoms with Gasteiger partial charge in [-0.15, -0.1) is 0 Å². The summed E-state index contributed by atoms with van der Waals surface area (Å²) < 4.78 is 0. The summed E-state index contributed by atoms with van der Waals surface area (Å²) in [5.74, 6) is 1.72. The molecule has 6 rings (SSSR count). The van der Waals surface area contributed by atoms with Crippen molar-refractivity contribution in [1.29, 1.82) is 0 Å². The van der Waals surface area contributed by atoms with Gasteiger partial charge in [0.2, 0.25) is 0 Å². The molecule has 1 aliphatic carbocycles. The summed E-state index contributed by atoms with van der Waals surface area (Å²) in [4.78, 5) is 29.5. The number of carbonyl (C=O) groups excluding carboxylic acids is 1. The Balaban J connectivity index is 1.06. The van der Waals surface area contributed by atoms with E-state index in [1.165, 1.54) is 6.42 Å². The van der Waals surface area contributed by atoms with Crippen LogP contribution in [0.15, 0.2) is 59.8 Å². The first-order chi connectivity index (χ1) is 19.6. The minimum Gasteiger partial charge on any atom is -0.368 e. The molecule has 216 valence electrons. The summed E-state index contributed by atoms with van der Waals surface area (Å²) in [7, 11) is 0. The summed E-state index contributed by atoms with van der Waals surface area (Å²) in [5, 5.41) is 1.86. The molecule has 2 aromatic carbocycles. The molecular weight excluding hydrogens is 573 g/mol. The van der Waals surface area contributed by atoms with E-state index >= 15 is 0 Å². The van der Waals surface area contributed by atoms with Gasteiger partial charge in [-0.25, -0.2) is 9.97 Å². The van der Waals surface area contributed by atoms with Gasteiger partial charge in [-0.3, -0.25) is 4.79 Å². The lowest BCUT2D eigenvalue weighted by atomic mass is 9.65. The van der Waals surface area contributed by atoms with Crippen molar-refractivity contribution in [3.05, 3.63) is 75.9 Å². The molecule has 6 nitrogen and oxygen atoms in total. The summed E-state index contributed by atoms with van der Waals surface area (Å²) in [6.07, 6.45) is 3.39. The molecule has 2 saturated heterocycles. The number of thioether (sulfide) groups is 1. The third-order valence-corrected chi connectivity index (χ3v) is 10.0. The van der Waals surface area contributed by atoms with Crippen molar-refractivity contribution in [3.8, 4) is 0 Å². The van der Waals surface area contributed by atoms with Gasteiger partial charge in [0, 0.05) is 66.9 Å². The summed E-state index contributed by atoms with van der Waals surface area (Å²) in [5.41, 5.74) is 3.56. The zero-order valence-electron chi connectivity index (χ0n) is 23.9. The van der Waals surface area contributed by atoms with E-state index in [4.69, 9.17) is 28.2 Å². The van der Waals surface area contributed by atoms with Crippen molar-refractivity contribution in [2.45, 2.75) is 57.0 Å². The Morgan fingerprint density at radius 2 is 1.68 bits per heavy atom. The number of fused-ring (bicyclic) bond motifs is 2. The highest BCUT2D eigenvalue weighted by Gasteiger charge is 2.51. The monoisotopic (exact) mass is 609 g/mol. The summed E-state index contributed by atoms with van der Waals surface area (Å²) in [6, 6.07) is 18.2. The summed E-state index contributed by atoms with van der Waals surface area (Å²) >= 11 is 14.2. The Kier molecular flexibility index (Phi) is 7.90. The molecule has 0 spiro atoms. The number of likely N-dealkylation sites (tertiary alicyclic amines) is 1. The predicted molar refractivity (Wildman–Crippen MR) is 169 cm³/mol. The van der Waals surface area contributed by atoms with Gasteiger partial charge in [0.25, 0.3) is 5.91 Å². The van der Waals surface area contributed by atoms with E-state index in [1.807, 2.05) is 36.4 Å². The molecule has 2 atom stereocenters. The second-order valence-electron chi connectivity index (χ2n) is 12.9. The molecular formula is C32H37Cl2N5OS. The van der Waals surface area contributed by atoms with Crippen molar-refractivity contribution in [3.63, 3.8) is 0 Å². The van der Waals surface area contributed by atoms with Crippen LogP contribution in [0.4, 0.5) is 11.5 Å². The van der Waals surface area contributed by atoms with Gasteiger partial charge in [-0.1, -0.05) is 73.9 Å². The highest BCUT2D eigenvalue weighted by atomic mass is 35.5. The lowest BCUT2D eigenvalue weighted by Crippen LogP contribution is -2.46. The number of amides is 1. The first-order valence-electron chi connectivity index (χ1n) is 14.4. The normalized spacial score (nSPS) is 23.6. The van der Waals surface area contributed by atoms with Crippen LogP contribution >= 0.6 is 35.0 Å². The zero-order valence-corrected chi connectivity index (χ0v) is 26.3. The van der Waals surface area contributed by atoms with E-state index in [0.29, 0.717) is 27.5 Å². The Labute approximate surface area is 257 Å². The van der Waals surface area contributed by atoms with Gasteiger partial charge in [0.05, 0.1) is 0 Å². The Hall–Kier alpha value is -2.48. The van der Waals surface area contributed by atoms with E-state index < -0.39 is 0 Å². The van der Waals surface area contributed by atoms with Crippen molar-refractivity contribution in [1.82, 2.24) is 14.9 Å². The fourth-order valence-electron chi connectivity index (χ4n) is 7.23. The first-order valence-corrected chi connectivity index (χ1v) is 16.1. The van der Waals surface area contributed by atoms with E-state index in [9.17, 15) is 4.79 Å². The number of aromatic nitrogens is 2. The van der Waals surface area contributed by atoms with Crippen molar-refractivity contribution >= 4 is 52.4 Å². The molecule has 3 aliphatic rings. The fraction of sp³-hybridized carbons (Fsp3) is 0.469. The molecule has 2 bridgehead atoms. The van der Waals surface area contributed by atoms with Gasteiger partial charge in [-0.2, -0.15) is 0 Å². The molecule has 3 aromatic rings. The number of halogens is 2. The second-order valence-corrected chi connectivity index (χ2v) is 14.7. The third kappa shape index (κ3) is 6.47. The number of rotatable bonds is 6. The molecule has 41 heavy (non-hydrogen) atoms. The molecule has 9 heteroatoms. The molecule has 1 saturated carbocycles. The minimum atomic E-state index is 0.161. The van der Waals surface area contributed by atoms with Crippen molar-refractivity contribution < 1.29 is 4.79 Å². The van der Waals surface area contributed by atoms with Gasteiger partial charge in [0.15, 0.2) is 5.16 Å². The van der Waals surface area contributed by atoms with Crippen LogP contribution in [0.25, 0.3) is 0 Å². The molecule has 3 fully saturated rings. The lowest BCUT2D eigenvalue weighted by Gasteiger charge is -2.39. The molecule has 1 aromatic heterocycles. The van der Waals surface area contributed by atoms with Gasteiger partial charge in [-0.05, 0) is 66.0 Å². The SMILES string of the molecule is CC1(C)CC2CC(C)(CN2C(=O)c2ccc(CSc3nc(Cl)cc(N4CCN(c5cccc(Cl)c5)CC4)n3)cc2)C1. The molecule has 0 radical (unpaired) electrons. The number of nitrogens with zero attached hydrogens (tertiary/aromatic N) is 5. The number of hydrogen-bond acceptors (Lipinski definition) is 6. The molecule has 1 amide bonds. The zero-order chi connectivity index (χ0) is 28.8. The largest absolute Gasteiger partial charge is 0.368 e. The lowest BCUT2D eigenvalue weighted by molar-refractivity contribution is 0.0708. The van der Waals surface area contributed by atoms with E-state index in [0.717, 1.165) is 73.2 Å². The maximum atomic E-state index is 13.4. The van der Waals surface area contributed by atoms with Crippen LogP contribution in [-0.4, -0.2) is 59.5 Å². The number of anilines is 2. The molecule has 3 heterocycles. The molecule has 0 N–H and O–H groups in total. The fourth-order valence-corrected chi connectivity index (χ4v) is 8.45. The van der Waals surface area contributed by atoms with Crippen molar-refractivity contribution in [2.24, 2.45) is 10.8 Å². The van der Waals surface area contributed by atoms with Gasteiger partial charge < -0.3 is 14.7 Å². The maximum Gasteiger partial charge on any atom is 0.254 e. The van der Waals surface area contributed by atoms with E-state index in [1.54, 1.807) is 11.8 Å². The number of hydrogen-bond donors (Lipinski definition) is 0. The van der Waals surface area contributed by atoms with Crippen LogP contribution in [0, 0.1) is 10.8 Å². The standard InChI is InChI=1S/C32H37Cl2N5OS/c1-31(2)17-26-18-32(3,20-31)21-39(26)29(40)23-9-7-22(8-10-23)19-41-30-35-27(34)16-28(36-30)38-13-11-37(12-14-38)25-6-4-5-24(33)15-25/h4-10,15-16,26H,11-14,17-21H2,1-3H3. The summed E-state index contributed by atoms with van der Waals surface area (Å²) in [6.45, 7) is 11.3. The van der Waals surface area contributed by atoms with Crippen LogP contribution in [-0.2, 0) is 5.75 Å². The first kappa shape index (κ1) is 28.6.